The zero-order valence-electron chi connectivity index (χ0n) is 10.4. The smallest absolute Gasteiger partial charge is 0.188 e. The maximum atomic E-state index is 13.8. The first kappa shape index (κ1) is 15.4. The number of carbonyl (C=O) groups is 1. The largest absolute Gasteiger partial charge is 0.292 e. The highest BCUT2D eigenvalue weighted by atomic mass is 35.5. The van der Waals surface area contributed by atoms with E-state index in [9.17, 15) is 18.8 Å². The highest BCUT2D eigenvalue weighted by Crippen LogP contribution is 2.31. The Bertz CT molecular complexity index is 736. The van der Waals surface area contributed by atoms with Crippen LogP contribution < -0.4 is 0 Å². The number of hydrogen-bond acceptors (Lipinski definition) is 2. The third-order valence-electron chi connectivity index (χ3n) is 2.87. The Kier molecular flexibility index (Phi) is 4.56. The monoisotopic (exact) mass is 325 g/mol. The van der Waals surface area contributed by atoms with Gasteiger partial charge in [-0.2, -0.15) is 5.26 Å². The lowest BCUT2D eigenvalue weighted by molar-refractivity contribution is 0.0975. The van der Waals surface area contributed by atoms with Crippen molar-refractivity contribution in [1.29, 1.82) is 5.26 Å². The van der Waals surface area contributed by atoms with Gasteiger partial charge in [-0.1, -0.05) is 35.3 Å². The number of carbonyl (C=O) groups excluding carboxylic acids is 1. The van der Waals surface area contributed by atoms with E-state index in [1.54, 1.807) is 6.07 Å². The highest BCUT2D eigenvalue weighted by molar-refractivity contribution is 6.35. The molecule has 2 aromatic rings. The molecule has 2 rings (SSSR count). The van der Waals surface area contributed by atoms with Crippen molar-refractivity contribution < 1.29 is 13.6 Å². The van der Waals surface area contributed by atoms with Crippen molar-refractivity contribution >= 4 is 29.0 Å². The summed E-state index contributed by atoms with van der Waals surface area (Å²) in [6.07, 6.45) is 0. The molecule has 0 N–H and O–H groups in total. The van der Waals surface area contributed by atoms with Gasteiger partial charge in [0.25, 0.3) is 0 Å². The SMILES string of the molecule is N#CC(C(=O)c1c(F)cccc1Cl)c1ccc(F)cc1Cl. The normalized spacial score (nSPS) is 11.8. The van der Waals surface area contributed by atoms with Crippen LogP contribution in [0.4, 0.5) is 8.78 Å². The number of hydrogen-bond donors (Lipinski definition) is 0. The third-order valence-corrected chi connectivity index (χ3v) is 3.52. The van der Waals surface area contributed by atoms with Crippen molar-refractivity contribution in [2.24, 2.45) is 0 Å². The molecule has 0 bridgehead atoms. The van der Waals surface area contributed by atoms with Gasteiger partial charge in [-0.05, 0) is 29.8 Å². The number of halogens is 4. The van der Waals surface area contributed by atoms with Gasteiger partial charge in [-0.25, -0.2) is 8.78 Å². The van der Waals surface area contributed by atoms with Crippen LogP contribution in [0.15, 0.2) is 36.4 Å². The molecule has 2 nitrogen and oxygen atoms in total. The fourth-order valence-electron chi connectivity index (χ4n) is 1.88. The number of rotatable bonds is 3. The Morgan fingerprint density at radius 1 is 1.14 bits per heavy atom. The van der Waals surface area contributed by atoms with Gasteiger partial charge in [0.05, 0.1) is 16.7 Å². The Morgan fingerprint density at radius 3 is 2.43 bits per heavy atom. The van der Waals surface area contributed by atoms with Crippen LogP contribution in [0.5, 0.6) is 0 Å². The topological polar surface area (TPSA) is 40.9 Å². The second kappa shape index (κ2) is 6.21. The van der Waals surface area contributed by atoms with Crippen LogP contribution in [0.1, 0.15) is 21.8 Å². The quantitative estimate of drug-likeness (QED) is 0.763. The van der Waals surface area contributed by atoms with E-state index in [0.29, 0.717) is 0 Å². The molecule has 106 valence electrons. The van der Waals surface area contributed by atoms with Gasteiger partial charge in [0.2, 0.25) is 0 Å². The first-order valence-corrected chi connectivity index (χ1v) is 6.54. The maximum absolute atomic E-state index is 13.8. The summed E-state index contributed by atoms with van der Waals surface area (Å²) in [4.78, 5) is 12.4. The summed E-state index contributed by atoms with van der Waals surface area (Å²) >= 11 is 11.7. The van der Waals surface area contributed by atoms with Crippen LogP contribution in [0.3, 0.4) is 0 Å². The molecule has 0 amide bonds. The van der Waals surface area contributed by atoms with E-state index in [1.165, 1.54) is 18.2 Å². The minimum atomic E-state index is -1.37. The van der Waals surface area contributed by atoms with E-state index in [2.05, 4.69) is 0 Å². The molecule has 1 unspecified atom stereocenters. The number of nitriles is 1. The number of nitrogens with zero attached hydrogens (tertiary/aromatic N) is 1. The average molecular weight is 326 g/mol. The van der Waals surface area contributed by atoms with E-state index in [4.69, 9.17) is 23.2 Å². The van der Waals surface area contributed by atoms with Crippen molar-refractivity contribution in [2.45, 2.75) is 5.92 Å². The van der Waals surface area contributed by atoms with Crippen molar-refractivity contribution in [3.05, 3.63) is 69.2 Å². The molecule has 0 aromatic heterocycles. The van der Waals surface area contributed by atoms with E-state index < -0.39 is 23.3 Å². The first-order valence-electron chi connectivity index (χ1n) is 5.78. The molecule has 0 heterocycles. The van der Waals surface area contributed by atoms with Crippen LogP contribution in [0.25, 0.3) is 0 Å². The fraction of sp³-hybridized carbons (Fsp3) is 0.0667. The van der Waals surface area contributed by atoms with Crippen molar-refractivity contribution in [3.8, 4) is 6.07 Å². The molecular weight excluding hydrogens is 319 g/mol. The minimum absolute atomic E-state index is 0.0811. The number of Topliss-reactive ketones (excluding diaryl/α,β-unsaturated/α-hetero) is 1. The molecule has 0 radical (unpaired) electrons. The zero-order chi connectivity index (χ0) is 15.6. The van der Waals surface area contributed by atoms with Gasteiger partial charge in [0.1, 0.15) is 17.6 Å². The molecule has 0 saturated heterocycles. The molecule has 0 aliphatic heterocycles. The predicted molar refractivity (Wildman–Crippen MR) is 75.5 cm³/mol. The molecule has 6 heteroatoms. The lowest BCUT2D eigenvalue weighted by Gasteiger charge is -2.12. The second-order valence-corrected chi connectivity index (χ2v) is 5.00. The summed E-state index contributed by atoms with van der Waals surface area (Å²) in [5.41, 5.74) is -0.281. The molecule has 2 aromatic carbocycles. The lowest BCUT2D eigenvalue weighted by atomic mass is 9.91. The van der Waals surface area contributed by atoms with Gasteiger partial charge in [-0.15, -0.1) is 0 Å². The molecule has 0 aliphatic rings. The van der Waals surface area contributed by atoms with Crippen molar-refractivity contribution in [3.63, 3.8) is 0 Å². The second-order valence-electron chi connectivity index (χ2n) is 4.19. The number of benzene rings is 2. The Morgan fingerprint density at radius 2 is 1.86 bits per heavy atom. The molecule has 1 atom stereocenters. The van der Waals surface area contributed by atoms with Crippen LogP contribution in [0, 0.1) is 23.0 Å². The summed E-state index contributed by atoms with van der Waals surface area (Å²) in [5, 5.41) is 9.02. The standard InChI is InChI=1S/C15H7Cl2F2NO/c16-11-2-1-3-13(19)14(11)15(21)10(7-20)9-5-4-8(18)6-12(9)17/h1-6,10H. The Hall–Kier alpha value is -1.96. The summed E-state index contributed by atoms with van der Waals surface area (Å²) in [6.45, 7) is 0. The van der Waals surface area contributed by atoms with Gasteiger partial charge in [0.15, 0.2) is 5.78 Å². The fourth-order valence-corrected chi connectivity index (χ4v) is 2.42. The van der Waals surface area contributed by atoms with Gasteiger partial charge >= 0.3 is 0 Å². The minimum Gasteiger partial charge on any atom is -0.292 e. The average Bonchev–Trinajstić information content (AvgIpc) is 2.41. The van der Waals surface area contributed by atoms with Crippen molar-refractivity contribution in [2.75, 3.05) is 0 Å². The van der Waals surface area contributed by atoms with E-state index in [0.717, 1.165) is 18.2 Å². The molecule has 0 saturated carbocycles. The molecule has 0 fully saturated rings. The van der Waals surface area contributed by atoms with Crippen LogP contribution in [0.2, 0.25) is 10.0 Å². The summed E-state index contributed by atoms with van der Waals surface area (Å²) < 4.78 is 26.8. The summed E-state index contributed by atoms with van der Waals surface area (Å²) in [6, 6.07) is 8.79. The lowest BCUT2D eigenvalue weighted by Crippen LogP contribution is -2.14. The van der Waals surface area contributed by atoms with Crippen molar-refractivity contribution in [1.82, 2.24) is 0 Å². The van der Waals surface area contributed by atoms with Gasteiger partial charge in [-0.3, -0.25) is 4.79 Å². The Labute approximate surface area is 129 Å². The van der Waals surface area contributed by atoms with E-state index in [1.807, 2.05) is 0 Å². The van der Waals surface area contributed by atoms with Crippen LogP contribution in [-0.2, 0) is 0 Å². The molecule has 0 spiro atoms. The van der Waals surface area contributed by atoms with Gasteiger partial charge in [0, 0.05) is 5.02 Å². The van der Waals surface area contributed by atoms with E-state index in [-0.39, 0.29) is 21.2 Å². The molecule has 0 aliphatic carbocycles. The number of ketones is 1. The van der Waals surface area contributed by atoms with Gasteiger partial charge < -0.3 is 0 Å². The zero-order valence-corrected chi connectivity index (χ0v) is 11.9. The maximum Gasteiger partial charge on any atom is 0.188 e. The summed E-state index contributed by atoms with van der Waals surface area (Å²) in [5.74, 6) is -3.62. The first-order chi connectivity index (χ1) is 9.95. The Balaban J connectivity index is 2.52. The van der Waals surface area contributed by atoms with Crippen LogP contribution in [-0.4, -0.2) is 5.78 Å². The molecule has 21 heavy (non-hydrogen) atoms. The van der Waals surface area contributed by atoms with E-state index >= 15 is 0 Å². The summed E-state index contributed by atoms with van der Waals surface area (Å²) in [7, 11) is 0. The predicted octanol–water partition coefficient (Wildman–Crippen LogP) is 4.76. The third kappa shape index (κ3) is 3.05. The van der Waals surface area contributed by atoms with Crippen LogP contribution >= 0.6 is 23.2 Å². The molecular formula is C15H7Cl2F2NO. The highest BCUT2D eigenvalue weighted by Gasteiger charge is 2.28.